The molecule has 2 rings (SSSR count). The van der Waals surface area contributed by atoms with Crippen molar-refractivity contribution in [3.05, 3.63) is 35.9 Å². The van der Waals surface area contributed by atoms with Crippen molar-refractivity contribution in [2.45, 2.75) is 31.7 Å². The summed E-state index contributed by atoms with van der Waals surface area (Å²) in [7, 11) is 0. The maximum absolute atomic E-state index is 14.2. The minimum atomic E-state index is -3.47. The van der Waals surface area contributed by atoms with Crippen molar-refractivity contribution in [2.75, 3.05) is 13.1 Å². The van der Waals surface area contributed by atoms with Crippen LogP contribution in [0.2, 0.25) is 0 Å². The van der Waals surface area contributed by atoms with Crippen molar-refractivity contribution < 1.29 is 13.6 Å². The molecule has 0 radical (unpaired) electrons. The van der Waals surface area contributed by atoms with E-state index in [9.17, 15) is 13.6 Å². The highest BCUT2D eigenvalue weighted by molar-refractivity contribution is 5.85. The molecule has 2 N–H and O–H groups in total. The van der Waals surface area contributed by atoms with Crippen LogP contribution in [-0.2, 0) is 10.7 Å². The molecule has 0 aromatic heterocycles. The molecule has 0 bridgehead atoms. The highest BCUT2D eigenvalue weighted by Crippen LogP contribution is 2.32. The third-order valence-electron chi connectivity index (χ3n) is 3.89. The molecule has 2 atom stereocenters. The summed E-state index contributed by atoms with van der Waals surface area (Å²) in [6.45, 7) is 2.55. The Labute approximate surface area is 129 Å². The zero-order chi connectivity index (χ0) is 14.8. The van der Waals surface area contributed by atoms with E-state index in [1.807, 2.05) is 6.92 Å². The van der Waals surface area contributed by atoms with Gasteiger partial charge < -0.3 is 10.6 Å². The maximum Gasteiger partial charge on any atom is 0.349 e. The fourth-order valence-electron chi connectivity index (χ4n) is 2.59. The minimum absolute atomic E-state index is 0. The SMILES string of the molecule is CC(N)C1CCCN(C(=O)C(F)(F)c2ccccc2)C1.Cl. The molecular formula is C15H21ClF2N2O. The second-order valence-electron chi connectivity index (χ2n) is 5.45. The number of hydrogen-bond donors (Lipinski definition) is 1. The molecule has 1 amide bonds. The second-order valence-corrected chi connectivity index (χ2v) is 5.45. The van der Waals surface area contributed by atoms with E-state index in [4.69, 9.17) is 5.73 Å². The number of carbonyl (C=O) groups is 1. The topological polar surface area (TPSA) is 46.3 Å². The number of rotatable bonds is 3. The van der Waals surface area contributed by atoms with E-state index >= 15 is 0 Å². The smallest absolute Gasteiger partial charge is 0.337 e. The average Bonchev–Trinajstić information content (AvgIpc) is 2.47. The van der Waals surface area contributed by atoms with E-state index in [0.29, 0.717) is 13.1 Å². The molecule has 0 spiro atoms. The number of carbonyl (C=O) groups excluding carboxylic acids is 1. The van der Waals surface area contributed by atoms with Gasteiger partial charge in [-0.1, -0.05) is 30.3 Å². The lowest BCUT2D eigenvalue weighted by Gasteiger charge is -2.36. The quantitative estimate of drug-likeness (QED) is 0.931. The van der Waals surface area contributed by atoms with Gasteiger partial charge in [-0.15, -0.1) is 12.4 Å². The number of piperidine rings is 1. The van der Waals surface area contributed by atoms with Gasteiger partial charge in [0.05, 0.1) is 0 Å². The van der Waals surface area contributed by atoms with Gasteiger partial charge in [-0.05, 0) is 25.7 Å². The van der Waals surface area contributed by atoms with Crippen LogP contribution in [0.15, 0.2) is 30.3 Å². The Bertz CT molecular complexity index is 468. The first-order valence-electron chi connectivity index (χ1n) is 6.91. The van der Waals surface area contributed by atoms with Gasteiger partial charge in [-0.25, -0.2) is 0 Å². The highest BCUT2D eigenvalue weighted by Gasteiger charge is 2.44. The molecule has 21 heavy (non-hydrogen) atoms. The Hall–Kier alpha value is -1.20. The molecular weight excluding hydrogens is 298 g/mol. The number of likely N-dealkylation sites (tertiary alicyclic amines) is 1. The van der Waals surface area contributed by atoms with Gasteiger partial charge in [0.1, 0.15) is 0 Å². The van der Waals surface area contributed by atoms with E-state index in [0.717, 1.165) is 12.8 Å². The van der Waals surface area contributed by atoms with Crippen molar-refractivity contribution in [1.82, 2.24) is 4.90 Å². The first-order chi connectivity index (χ1) is 9.43. The summed E-state index contributed by atoms with van der Waals surface area (Å²) in [5.41, 5.74) is 5.57. The molecule has 1 heterocycles. The number of halogens is 3. The molecule has 1 aromatic carbocycles. The van der Waals surface area contributed by atoms with Crippen molar-refractivity contribution >= 4 is 18.3 Å². The van der Waals surface area contributed by atoms with Crippen LogP contribution < -0.4 is 5.73 Å². The summed E-state index contributed by atoms with van der Waals surface area (Å²) in [6, 6.07) is 7.15. The van der Waals surface area contributed by atoms with Gasteiger partial charge in [0.2, 0.25) is 0 Å². The van der Waals surface area contributed by atoms with Gasteiger partial charge in [0.15, 0.2) is 0 Å². The molecule has 1 aromatic rings. The van der Waals surface area contributed by atoms with Crippen LogP contribution in [0.5, 0.6) is 0 Å². The predicted molar refractivity (Wildman–Crippen MR) is 80.5 cm³/mol. The lowest BCUT2D eigenvalue weighted by atomic mass is 9.91. The monoisotopic (exact) mass is 318 g/mol. The molecule has 3 nitrogen and oxygen atoms in total. The Balaban J connectivity index is 0.00000220. The van der Waals surface area contributed by atoms with E-state index in [1.165, 1.54) is 29.2 Å². The molecule has 118 valence electrons. The van der Waals surface area contributed by atoms with Gasteiger partial charge in [0.25, 0.3) is 5.91 Å². The Morgan fingerprint density at radius 2 is 2.00 bits per heavy atom. The van der Waals surface area contributed by atoms with Gasteiger partial charge >= 0.3 is 5.92 Å². The first kappa shape index (κ1) is 17.9. The van der Waals surface area contributed by atoms with Crippen molar-refractivity contribution in [2.24, 2.45) is 11.7 Å². The van der Waals surface area contributed by atoms with E-state index in [-0.39, 0.29) is 29.9 Å². The average molecular weight is 319 g/mol. The summed E-state index contributed by atoms with van der Waals surface area (Å²) in [5.74, 6) is -4.49. The summed E-state index contributed by atoms with van der Waals surface area (Å²) in [6.07, 6.45) is 1.61. The van der Waals surface area contributed by atoms with Gasteiger partial charge in [-0.2, -0.15) is 8.78 Å². The Morgan fingerprint density at radius 3 is 2.57 bits per heavy atom. The van der Waals surface area contributed by atoms with Crippen molar-refractivity contribution in [1.29, 1.82) is 0 Å². The van der Waals surface area contributed by atoms with E-state index < -0.39 is 11.8 Å². The predicted octanol–water partition coefficient (Wildman–Crippen LogP) is 2.79. The Kier molecular flexibility index (Phi) is 6.10. The molecule has 1 fully saturated rings. The lowest BCUT2D eigenvalue weighted by molar-refractivity contribution is -0.161. The summed E-state index contributed by atoms with van der Waals surface area (Å²) in [4.78, 5) is 13.4. The first-order valence-corrected chi connectivity index (χ1v) is 6.91. The minimum Gasteiger partial charge on any atom is -0.337 e. The third kappa shape index (κ3) is 3.92. The fraction of sp³-hybridized carbons (Fsp3) is 0.533. The number of alkyl halides is 2. The number of amides is 1. The number of benzene rings is 1. The van der Waals surface area contributed by atoms with Crippen LogP contribution in [0.4, 0.5) is 8.78 Å². The van der Waals surface area contributed by atoms with Crippen molar-refractivity contribution in [3.8, 4) is 0 Å². The van der Waals surface area contributed by atoms with Crippen LogP contribution in [0.3, 0.4) is 0 Å². The number of nitrogens with two attached hydrogens (primary N) is 1. The zero-order valence-electron chi connectivity index (χ0n) is 12.0. The second kappa shape index (κ2) is 7.18. The number of hydrogen-bond acceptors (Lipinski definition) is 2. The van der Waals surface area contributed by atoms with Gasteiger partial charge in [0, 0.05) is 24.7 Å². The van der Waals surface area contributed by atoms with Crippen LogP contribution in [0.1, 0.15) is 25.3 Å². The molecule has 0 saturated carbocycles. The summed E-state index contributed by atoms with van der Waals surface area (Å²) < 4.78 is 28.5. The van der Waals surface area contributed by atoms with E-state index in [1.54, 1.807) is 6.07 Å². The van der Waals surface area contributed by atoms with E-state index in [2.05, 4.69) is 0 Å². The highest BCUT2D eigenvalue weighted by atomic mass is 35.5. The van der Waals surface area contributed by atoms with Crippen LogP contribution in [-0.4, -0.2) is 29.9 Å². The summed E-state index contributed by atoms with van der Waals surface area (Å²) >= 11 is 0. The maximum atomic E-state index is 14.2. The molecule has 1 aliphatic rings. The largest absolute Gasteiger partial charge is 0.349 e. The standard InChI is InChI=1S/C15H20F2N2O.ClH/c1-11(18)12-6-5-9-19(10-12)14(20)15(16,17)13-7-3-2-4-8-13;/h2-4,7-8,11-12H,5-6,9-10,18H2,1H3;1H. The lowest BCUT2D eigenvalue weighted by Crippen LogP contribution is -2.49. The van der Waals surface area contributed by atoms with Crippen molar-refractivity contribution in [3.63, 3.8) is 0 Å². The van der Waals surface area contributed by atoms with Crippen LogP contribution in [0.25, 0.3) is 0 Å². The van der Waals surface area contributed by atoms with Crippen LogP contribution in [0, 0.1) is 5.92 Å². The Morgan fingerprint density at radius 1 is 1.38 bits per heavy atom. The van der Waals surface area contributed by atoms with Gasteiger partial charge in [-0.3, -0.25) is 4.79 Å². The molecule has 1 saturated heterocycles. The van der Waals surface area contributed by atoms with Crippen LogP contribution >= 0.6 is 12.4 Å². The molecule has 0 aliphatic carbocycles. The molecule has 1 aliphatic heterocycles. The summed E-state index contributed by atoms with van der Waals surface area (Å²) in [5, 5.41) is 0. The zero-order valence-corrected chi connectivity index (χ0v) is 12.8. The third-order valence-corrected chi connectivity index (χ3v) is 3.89. The fourth-order valence-corrected chi connectivity index (χ4v) is 2.59. The molecule has 2 unspecified atom stereocenters. The molecule has 6 heteroatoms. The number of nitrogens with zero attached hydrogens (tertiary/aromatic N) is 1. The normalized spacial score (nSPS) is 20.6.